The largest absolute Gasteiger partial charge is 0.368 e. The lowest BCUT2D eigenvalue weighted by Gasteiger charge is -2.33. The van der Waals surface area contributed by atoms with Crippen molar-refractivity contribution in [2.45, 2.75) is 44.2 Å². The Morgan fingerprint density at radius 2 is 2.17 bits per heavy atom. The van der Waals surface area contributed by atoms with E-state index < -0.39 is 0 Å². The molecule has 7 heteroatoms. The molecule has 2 aromatic heterocycles. The lowest BCUT2D eigenvalue weighted by Crippen LogP contribution is -2.43. The van der Waals surface area contributed by atoms with Gasteiger partial charge in [0, 0.05) is 43.4 Å². The van der Waals surface area contributed by atoms with E-state index in [1.165, 1.54) is 0 Å². The van der Waals surface area contributed by atoms with Crippen LogP contribution in [-0.2, 0) is 16.1 Å². The average Bonchev–Trinajstić information content (AvgIpc) is 3.37. The maximum atomic E-state index is 12.4. The smallest absolute Gasteiger partial charge is 0.251 e. The second-order valence-corrected chi connectivity index (χ2v) is 7.21. The molecule has 0 aliphatic carbocycles. The topological polar surface area (TPSA) is 60.2 Å². The average molecular weight is 346 g/mol. The number of amides is 1. The molecule has 128 valence electrons. The van der Waals surface area contributed by atoms with E-state index in [-0.39, 0.29) is 12.0 Å². The normalized spacial score (nSPS) is 22.2. The molecule has 2 saturated heterocycles. The minimum absolute atomic E-state index is 0.178. The van der Waals surface area contributed by atoms with Crippen LogP contribution < -0.4 is 0 Å². The fraction of sp³-hybridized carbons (Fsp3) is 0.588. The third-order valence-electron chi connectivity index (χ3n) is 4.94. The van der Waals surface area contributed by atoms with Crippen LogP contribution in [0.25, 0.3) is 0 Å². The number of rotatable bonds is 4. The summed E-state index contributed by atoms with van der Waals surface area (Å²) in [6.07, 6.45) is 7.49. The zero-order chi connectivity index (χ0) is 16.4. The Morgan fingerprint density at radius 1 is 1.29 bits per heavy atom. The third-order valence-corrected chi connectivity index (χ3v) is 5.58. The fourth-order valence-corrected chi connectivity index (χ4v) is 4.19. The summed E-state index contributed by atoms with van der Waals surface area (Å²) in [4.78, 5) is 23.4. The number of carbonyl (C=O) groups excluding carboxylic acids is 1. The lowest BCUT2D eigenvalue weighted by atomic mass is 9.95. The van der Waals surface area contributed by atoms with Crippen LogP contribution in [0, 0.1) is 0 Å². The van der Waals surface area contributed by atoms with Gasteiger partial charge in [-0.05, 0) is 25.7 Å². The first-order valence-electron chi connectivity index (χ1n) is 8.60. The van der Waals surface area contributed by atoms with Gasteiger partial charge in [0.1, 0.15) is 11.9 Å². The van der Waals surface area contributed by atoms with Crippen molar-refractivity contribution >= 4 is 17.2 Å². The first kappa shape index (κ1) is 15.8. The summed E-state index contributed by atoms with van der Waals surface area (Å²) in [6, 6.07) is 0. The van der Waals surface area contributed by atoms with Crippen LogP contribution in [0.3, 0.4) is 0 Å². The summed E-state index contributed by atoms with van der Waals surface area (Å²) in [5.74, 6) is 1.70. The Labute approximate surface area is 145 Å². The van der Waals surface area contributed by atoms with E-state index >= 15 is 0 Å². The van der Waals surface area contributed by atoms with Crippen molar-refractivity contribution in [2.75, 3.05) is 19.7 Å². The second kappa shape index (κ2) is 7.03. The van der Waals surface area contributed by atoms with E-state index in [4.69, 9.17) is 4.74 Å². The molecule has 2 aliphatic rings. The Morgan fingerprint density at radius 3 is 2.88 bits per heavy atom. The Kier molecular flexibility index (Phi) is 4.62. The van der Waals surface area contributed by atoms with Crippen molar-refractivity contribution in [3.8, 4) is 0 Å². The van der Waals surface area contributed by atoms with Crippen LogP contribution in [0.1, 0.15) is 43.1 Å². The molecule has 4 heterocycles. The molecule has 2 aromatic rings. The number of hydrogen-bond acceptors (Lipinski definition) is 5. The summed E-state index contributed by atoms with van der Waals surface area (Å²) in [5.41, 5.74) is 2.94. The van der Waals surface area contributed by atoms with Gasteiger partial charge < -0.3 is 14.2 Å². The van der Waals surface area contributed by atoms with Crippen LogP contribution in [0.15, 0.2) is 23.3 Å². The van der Waals surface area contributed by atoms with E-state index in [0.29, 0.717) is 5.92 Å². The quantitative estimate of drug-likeness (QED) is 0.852. The zero-order valence-electron chi connectivity index (χ0n) is 13.6. The molecule has 2 fully saturated rings. The lowest BCUT2D eigenvalue weighted by molar-refractivity contribution is -0.142. The van der Waals surface area contributed by atoms with Crippen LogP contribution in [0.2, 0.25) is 0 Å². The predicted octanol–water partition coefficient (Wildman–Crippen LogP) is 2.27. The number of hydrogen-bond donors (Lipinski definition) is 0. The number of nitrogens with zero attached hydrogens (tertiary/aromatic N) is 4. The number of piperidine rings is 1. The van der Waals surface area contributed by atoms with E-state index in [1.807, 2.05) is 22.8 Å². The molecule has 0 spiro atoms. The molecule has 1 atom stereocenters. The number of imidazole rings is 1. The van der Waals surface area contributed by atoms with Gasteiger partial charge in [-0.3, -0.25) is 4.79 Å². The summed E-state index contributed by atoms with van der Waals surface area (Å²) in [7, 11) is 0. The maximum absolute atomic E-state index is 12.4. The highest BCUT2D eigenvalue weighted by atomic mass is 32.1. The molecule has 1 amide bonds. The third kappa shape index (κ3) is 3.23. The molecule has 24 heavy (non-hydrogen) atoms. The van der Waals surface area contributed by atoms with Crippen molar-refractivity contribution in [1.82, 2.24) is 19.4 Å². The monoisotopic (exact) mass is 346 g/mol. The summed E-state index contributed by atoms with van der Waals surface area (Å²) in [6.45, 7) is 3.09. The van der Waals surface area contributed by atoms with Gasteiger partial charge >= 0.3 is 0 Å². The van der Waals surface area contributed by atoms with Crippen LogP contribution in [0.4, 0.5) is 0 Å². The minimum atomic E-state index is -0.201. The van der Waals surface area contributed by atoms with E-state index in [2.05, 4.69) is 19.9 Å². The molecular weight excluding hydrogens is 324 g/mol. The Bertz CT molecular complexity index is 671. The summed E-state index contributed by atoms with van der Waals surface area (Å²) >= 11 is 1.62. The van der Waals surface area contributed by atoms with E-state index in [1.54, 1.807) is 11.3 Å². The minimum Gasteiger partial charge on any atom is -0.368 e. The number of thiazole rings is 1. The fourth-order valence-electron chi connectivity index (χ4n) is 3.64. The van der Waals surface area contributed by atoms with E-state index in [0.717, 1.165) is 63.4 Å². The number of ether oxygens (including phenoxy) is 1. The van der Waals surface area contributed by atoms with Gasteiger partial charge in [0.05, 0.1) is 17.7 Å². The molecule has 2 aliphatic heterocycles. The second-order valence-electron chi connectivity index (χ2n) is 6.49. The SMILES string of the molecule is O=C([C@@H]1CCCO1)N1CCC(c2nccn2Cc2cscn2)CC1. The van der Waals surface area contributed by atoms with Crippen LogP contribution in [-0.4, -0.2) is 51.1 Å². The molecule has 0 unspecified atom stereocenters. The van der Waals surface area contributed by atoms with Gasteiger partial charge in [0.15, 0.2) is 0 Å². The Hall–Kier alpha value is -1.73. The molecule has 0 N–H and O–H groups in total. The summed E-state index contributed by atoms with van der Waals surface area (Å²) < 4.78 is 7.72. The molecule has 0 aromatic carbocycles. The Balaban J connectivity index is 1.37. The molecule has 0 radical (unpaired) electrons. The van der Waals surface area contributed by atoms with Crippen molar-refractivity contribution in [3.05, 3.63) is 34.8 Å². The van der Waals surface area contributed by atoms with Gasteiger partial charge in [-0.1, -0.05) is 0 Å². The standard InChI is InChI=1S/C17H22N4O2S/c22-17(15-2-1-9-23-15)20-6-3-13(4-7-20)16-18-5-8-21(16)10-14-11-24-12-19-14/h5,8,11-13,15H,1-4,6-7,9-10H2/t15-/m0/s1. The predicted molar refractivity (Wildman–Crippen MR) is 91.0 cm³/mol. The van der Waals surface area contributed by atoms with Crippen molar-refractivity contribution in [2.24, 2.45) is 0 Å². The van der Waals surface area contributed by atoms with Crippen molar-refractivity contribution in [3.63, 3.8) is 0 Å². The highest BCUT2D eigenvalue weighted by Gasteiger charge is 2.32. The zero-order valence-corrected chi connectivity index (χ0v) is 14.5. The maximum Gasteiger partial charge on any atom is 0.251 e. The van der Waals surface area contributed by atoms with Gasteiger partial charge in [-0.2, -0.15) is 0 Å². The van der Waals surface area contributed by atoms with Crippen molar-refractivity contribution < 1.29 is 9.53 Å². The van der Waals surface area contributed by atoms with Crippen LogP contribution in [0.5, 0.6) is 0 Å². The first-order valence-corrected chi connectivity index (χ1v) is 9.54. The highest BCUT2D eigenvalue weighted by molar-refractivity contribution is 7.07. The van der Waals surface area contributed by atoms with Gasteiger partial charge in [0.25, 0.3) is 5.91 Å². The van der Waals surface area contributed by atoms with Gasteiger partial charge in [-0.25, -0.2) is 9.97 Å². The number of aromatic nitrogens is 3. The van der Waals surface area contributed by atoms with Gasteiger partial charge in [0.2, 0.25) is 0 Å². The molecule has 0 saturated carbocycles. The molecule has 6 nitrogen and oxygen atoms in total. The first-order chi connectivity index (χ1) is 11.8. The number of carbonyl (C=O) groups is 1. The van der Waals surface area contributed by atoms with E-state index in [9.17, 15) is 4.79 Å². The molecular formula is C17H22N4O2S. The number of likely N-dealkylation sites (tertiary alicyclic amines) is 1. The van der Waals surface area contributed by atoms with Crippen LogP contribution >= 0.6 is 11.3 Å². The van der Waals surface area contributed by atoms with Gasteiger partial charge in [-0.15, -0.1) is 11.3 Å². The molecule has 0 bridgehead atoms. The molecule has 4 rings (SSSR count). The summed E-state index contributed by atoms with van der Waals surface area (Å²) in [5, 5.41) is 2.08. The van der Waals surface area contributed by atoms with Crippen molar-refractivity contribution in [1.29, 1.82) is 0 Å². The highest BCUT2D eigenvalue weighted by Crippen LogP contribution is 2.28.